The van der Waals surface area contributed by atoms with E-state index in [2.05, 4.69) is 6.58 Å². The maximum atomic E-state index is 12.9. The van der Waals surface area contributed by atoms with E-state index >= 15 is 0 Å². The highest BCUT2D eigenvalue weighted by Crippen LogP contribution is 2.27. The summed E-state index contributed by atoms with van der Waals surface area (Å²) in [5, 5.41) is 0. The number of ether oxygens (including phenoxy) is 1. The fourth-order valence-corrected chi connectivity index (χ4v) is 2.78. The Morgan fingerprint density at radius 3 is 2.54 bits per heavy atom. The number of pyridine rings is 1. The number of aromatic nitrogens is 1. The van der Waals surface area contributed by atoms with Crippen LogP contribution in [0.5, 0.6) is 5.75 Å². The Hall–Kier alpha value is -2.81. The van der Waals surface area contributed by atoms with E-state index in [0.717, 1.165) is 11.1 Å². The first-order valence-corrected chi connectivity index (χ1v) is 7.90. The van der Waals surface area contributed by atoms with Gasteiger partial charge in [-0.05, 0) is 31.1 Å². The van der Waals surface area contributed by atoms with Crippen LogP contribution in [0.25, 0.3) is 0 Å². The Kier molecular flexibility index (Phi) is 5.96. The molecule has 0 aliphatic rings. The Morgan fingerprint density at radius 1 is 1.25 bits per heavy atom. The van der Waals surface area contributed by atoms with Crippen LogP contribution in [0.4, 0.5) is 0 Å². The monoisotopic (exact) mass is 321 g/mol. The molecule has 1 heterocycles. The SMILES string of the molecule is C=C/C=C(\C=C/C)C(c1ccccc1)n1ccc(OC)c(C)c1=O. The van der Waals surface area contributed by atoms with Gasteiger partial charge in [-0.25, -0.2) is 0 Å². The molecule has 3 heteroatoms. The molecule has 0 radical (unpaired) electrons. The minimum absolute atomic E-state index is 0.0670. The van der Waals surface area contributed by atoms with E-state index in [-0.39, 0.29) is 11.6 Å². The fourth-order valence-electron chi connectivity index (χ4n) is 2.78. The van der Waals surface area contributed by atoms with Crippen LogP contribution in [0.2, 0.25) is 0 Å². The maximum Gasteiger partial charge on any atom is 0.258 e. The van der Waals surface area contributed by atoms with Crippen LogP contribution < -0.4 is 10.3 Å². The molecule has 0 aliphatic heterocycles. The van der Waals surface area contributed by atoms with Gasteiger partial charge in [0.2, 0.25) is 0 Å². The zero-order valence-electron chi connectivity index (χ0n) is 14.4. The van der Waals surface area contributed by atoms with Gasteiger partial charge in [-0.3, -0.25) is 4.79 Å². The number of hydrogen-bond donors (Lipinski definition) is 0. The summed E-state index contributed by atoms with van der Waals surface area (Å²) in [6.45, 7) is 7.55. The van der Waals surface area contributed by atoms with Gasteiger partial charge in [-0.1, -0.05) is 61.2 Å². The predicted molar refractivity (Wildman–Crippen MR) is 99.7 cm³/mol. The second-order valence-electron chi connectivity index (χ2n) is 5.44. The molecule has 0 saturated heterocycles. The van der Waals surface area contributed by atoms with E-state index in [1.54, 1.807) is 30.9 Å². The predicted octanol–water partition coefficient (Wildman–Crippen LogP) is 4.44. The molecule has 3 nitrogen and oxygen atoms in total. The topological polar surface area (TPSA) is 31.2 Å². The molecule has 1 aromatic heterocycles. The third-order valence-corrected chi connectivity index (χ3v) is 3.91. The molecule has 0 bridgehead atoms. The molecule has 124 valence electrons. The molecular formula is C21H23NO2. The summed E-state index contributed by atoms with van der Waals surface area (Å²) in [6.07, 6.45) is 9.43. The molecule has 0 aliphatic carbocycles. The lowest BCUT2D eigenvalue weighted by molar-refractivity contribution is 0.408. The average Bonchev–Trinajstić information content (AvgIpc) is 2.60. The third-order valence-electron chi connectivity index (χ3n) is 3.91. The maximum absolute atomic E-state index is 12.9. The van der Waals surface area contributed by atoms with Crippen molar-refractivity contribution in [3.05, 3.63) is 101 Å². The number of methoxy groups -OCH3 is 1. The summed E-state index contributed by atoms with van der Waals surface area (Å²) in [5.74, 6) is 0.600. The Balaban J connectivity index is 2.72. The van der Waals surface area contributed by atoms with E-state index in [4.69, 9.17) is 4.74 Å². The van der Waals surface area contributed by atoms with Gasteiger partial charge in [0.1, 0.15) is 5.75 Å². The van der Waals surface area contributed by atoms with Gasteiger partial charge in [0.05, 0.1) is 18.7 Å². The highest BCUT2D eigenvalue weighted by Gasteiger charge is 2.19. The summed E-state index contributed by atoms with van der Waals surface area (Å²) >= 11 is 0. The summed E-state index contributed by atoms with van der Waals surface area (Å²) < 4.78 is 7.00. The van der Waals surface area contributed by atoms with Crippen molar-refractivity contribution in [2.24, 2.45) is 0 Å². The van der Waals surface area contributed by atoms with E-state index < -0.39 is 0 Å². The summed E-state index contributed by atoms with van der Waals surface area (Å²) in [7, 11) is 1.57. The van der Waals surface area contributed by atoms with E-state index in [1.807, 2.05) is 61.5 Å². The number of nitrogens with zero attached hydrogens (tertiary/aromatic N) is 1. The molecule has 1 unspecified atom stereocenters. The molecular weight excluding hydrogens is 298 g/mol. The van der Waals surface area contributed by atoms with Gasteiger partial charge in [0, 0.05) is 6.20 Å². The molecule has 2 rings (SSSR count). The summed E-state index contributed by atoms with van der Waals surface area (Å²) in [4.78, 5) is 12.9. The van der Waals surface area contributed by atoms with Gasteiger partial charge >= 0.3 is 0 Å². The van der Waals surface area contributed by atoms with Gasteiger partial charge in [-0.15, -0.1) is 0 Å². The summed E-state index contributed by atoms with van der Waals surface area (Å²) in [6, 6.07) is 11.6. The first-order chi connectivity index (χ1) is 11.6. The molecule has 0 saturated carbocycles. The normalized spacial score (nSPS) is 13.0. The van der Waals surface area contributed by atoms with Gasteiger partial charge in [0.25, 0.3) is 5.56 Å². The molecule has 0 amide bonds. The van der Waals surface area contributed by atoms with Gasteiger partial charge in [-0.2, -0.15) is 0 Å². The lowest BCUT2D eigenvalue weighted by atomic mass is 9.97. The van der Waals surface area contributed by atoms with Crippen LogP contribution in [0.1, 0.15) is 24.1 Å². The van der Waals surface area contributed by atoms with Gasteiger partial charge < -0.3 is 9.30 Å². The Labute approximate surface area is 143 Å². The van der Waals surface area contributed by atoms with Crippen molar-refractivity contribution in [3.8, 4) is 5.75 Å². The number of allylic oxidation sites excluding steroid dienone is 5. The minimum Gasteiger partial charge on any atom is -0.496 e. The van der Waals surface area contributed by atoms with Crippen molar-refractivity contribution in [1.29, 1.82) is 0 Å². The van der Waals surface area contributed by atoms with Crippen molar-refractivity contribution in [3.63, 3.8) is 0 Å². The average molecular weight is 321 g/mol. The molecule has 0 N–H and O–H groups in total. The van der Waals surface area contributed by atoms with Gasteiger partial charge in [0.15, 0.2) is 0 Å². The largest absolute Gasteiger partial charge is 0.496 e. The van der Waals surface area contributed by atoms with Crippen LogP contribution in [0.15, 0.2) is 83.8 Å². The van der Waals surface area contributed by atoms with Crippen LogP contribution in [0.3, 0.4) is 0 Å². The minimum atomic E-state index is -0.225. The fraction of sp³-hybridized carbons (Fsp3) is 0.190. The highest BCUT2D eigenvalue weighted by molar-refractivity contribution is 5.39. The van der Waals surface area contributed by atoms with Crippen molar-refractivity contribution in [2.45, 2.75) is 19.9 Å². The number of benzene rings is 1. The zero-order valence-corrected chi connectivity index (χ0v) is 14.4. The first-order valence-electron chi connectivity index (χ1n) is 7.90. The standard InChI is InChI=1S/C21H23NO2/c1-5-10-17(11-6-2)20(18-12-8-7-9-13-18)22-15-14-19(24-4)16(3)21(22)23/h5-15,20H,1H2,2-4H3/b11-6-,17-10+. The van der Waals surface area contributed by atoms with Crippen LogP contribution in [-0.2, 0) is 0 Å². The Bertz CT molecular complexity index is 813. The Morgan fingerprint density at radius 2 is 1.96 bits per heavy atom. The molecule has 1 aromatic carbocycles. The lowest BCUT2D eigenvalue weighted by Gasteiger charge is -2.23. The van der Waals surface area contributed by atoms with E-state index in [1.165, 1.54) is 0 Å². The van der Waals surface area contributed by atoms with Crippen molar-refractivity contribution < 1.29 is 4.74 Å². The second kappa shape index (κ2) is 8.16. The molecule has 1 atom stereocenters. The van der Waals surface area contributed by atoms with Crippen LogP contribution >= 0.6 is 0 Å². The second-order valence-corrected chi connectivity index (χ2v) is 5.44. The van der Waals surface area contributed by atoms with Crippen LogP contribution in [0, 0.1) is 6.92 Å². The molecule has 2 aromatic rings. The van der Waals surface area contributed by atoms with Crippen molar-refractivity contribution >= 4 is 0 Å². The lowest BCUT2D eigenvalue weighted by Crippen LogP contribution is -2.28. The first kappa shape index (κ1) is 17.5. The molecule has 0 fully saturated rings. The smallest absolute Gasteiger partial charge is 0.258 e. The quantitative estimate of drug-likeness (QED) is 0.736. The van der Waals surface area contributed by atoms with Crippen LogP contribution in [-0.4, -0.2) is 11.7 Å². The molecule has 24 heavy (non-hydrogen) atoms. The van der Waals surface area contributed by atoms with E-state index in [0.29, 0.717) is 11.3 Å². The zero-order chi connectivity index (χ0) is 17.5. The van der Waals surface area contributed by atoms with E-state index in [9.17, 15) is 4.79 Å². The molecule has 0 spiro atoms. The summed E-state index contributed by atoms with van der Waals surface area (Å²) in [5.41, 5.74) is 2.56. The van der Waals surface area contributed by atoms with Crippen molar-refractivity contribution in [2.75, 3.05) is 7.11 Å². The third kappa shape index (κ3) is 3.57. The van der Waals surface area contributed by atoms with Crippen molar-refractivity contribution in [1.82, 2.24) is 4.57 Å². The number of hydrogen-bond acceptors (Lipinski definition) is 2. The number of rotatable bonds is 6. The highest BCUT2D eigenvalue weighted by atomic mass is 16.5.